The number of para-hydroxylation sites is 2. The van der Waals surface area contributed by atoms with Crippen LogP contribution in [0.1, 0.15) is 110 Å². The first kappa shape index (κ1) is 36.5. The Morgan fingerprint density at radius 3 is 2.09 bits per heavy atom. The summed E-state index contributed by atoms with van der Waals surface area (Å²) in [5.74, 6) is 0.547. The number of rotatable bonds is 7. The van der Waals surface area contributed by atoms with Crippen molar-refractivity contribution in [2.24, 2.45) is 11.8 Å². The van der Waals surface area contributed by atoms with Gasteiger partial charge in [-0.3, -0.25) is 14.8 Å². The zero-order valence-corrected chi connectivity index (χ0v) is 32.0. The summed E-state index contributed by atoms with van der Waals surface area (Å²) in [4.78, 5) is 22.0. The van der Waals surface area contributed by atoms with Gasteiger partial charge in [-0.25, -0.2) is 0 Å². The van der Waals surface area contributed by atoms with Crippen LogP contribution in [0.15, 0.2) is 58.7 Å². The van der Waals surface area contributed by atoms with Crippen molar-refractivity contribution in [2.75, 3.05) is 0 Å². The molecule has 3 aromatic carbocycles. The number of aliphatic hydroxyl groups excluding tert-OH is 1. The Labute approximate surface area is 293 Å². The molecule has 0 fully saturated rings. The Morgan fingerprint density at radius 1 is 0.915 bits per heavy atom. The normalized spacial score (nSPS) is 13.9. The number of carbonyl (C=O) groups is 1. The van der Waals surface area contributed by atoms with Crippen molar-refractivity contribution in [1.29, 1.82) is 0 Å². The molecular weight excluding hydrogens is 761 g/mol. The van der Waals surface area contributed by atoms with Crippen LogP contribution in [0, 0.1) is 24.8 Å². The van der Waals surface area contributed by atoms with Gasteiger partial charge in [0, 0.05) is 54.8 Å². The van der Waals surface area contributed by atoms with Crippen LogP contribution in [0.3, 0.4) is 0 Å². The van der Waals surface area contributed by atoms with E-state index in [1.165, 1.54) is 22.6 Å². The predicted octanol–water partition coefficient (Wildman–Crippen LogP) is 11.1. The zero-order valence-electron chi connectivity index (χ0n) is 29.6. The average Bonchev–Trinajstić information content (AvgIpc) is 3.39. The van der Waals surface area contributed by atoms with Crippen molar-refractivity contribution in [2.45, 2.75) is 106 Å². The molecule has 0 aliphatic heterocycles. The van der Waals surface area contributed by atoms with Crippen molar-refractivity contribution in [1.82, 2.24) is 9.97 Å². The fourth-order valence-electron chi connectivity index (χ4n) is 6.85. The molecule has 2 aromatic heterocycles. The molecule has 1 radical (unpaired) electrons. The second-order valence-corrected chi connectivity index (χ2v) is 14.3. The molecule has 0 saturated carbocycles. The molecule has 6 rings (SSSR count). The van der Waals surface area contributed by atoms with Crippen LogP contribution in [0.5, 0.6) is 0 Å². The van der Waals surface area contributed by atoms with Crippen LogP contribution >= 0.6 is 0 Å². The molecule has 0 atom stereocenters. The molecule has 1 aliphatic rings. The maximum Gasteiger partial charge on any atom is 0.162 e. The minimum absolute atomic E-state index is 0. The second-order valence-electron chi connectivity index (χ2n) is 14.3. The third kappa shape index (κ3) is 6.56. The monoisotopic (exact) mass is 810 g/mol. The first-order valence-corrected chi connectivity index (χ1v) is 16.9. The summed E-state index contributed by atoms with van der Waals surface area (Å²) in [6, 6.07) is 18.2. The summed E-state index contributed by atoms with van der Waals surface area (Å²) in [5.41, 5.74) is 9.82. The number of fused-ring (bicyclic) bond motifs is 3. The maximum atomic E-state index is 11.7. The number of carbonyl (C=O) groups excluding carboxylic acids is 1. The van der Waals surface area contributed by atoms with E-state index >= 15 is 0 Å². The van der Waals surface area contributed by atoms with Crippen molar-refractivity contribution in [3.63, 3.8) is 0 Å². The zero-order chi connectivity index (χ0) is 33.6. The number of nitrogens with zero attached hydrogens (tertiary/aromatic N) is 2. The minimum atomic E-state index is -0.335. The van der Waals surface area contributed by atoms with Crippen LogP contribution in [0.4, 0.5) is 0 Å². The summed E-state index contributed by atoms with van der Waals surface area (Å²) in [6.45, 7) is 21.4. The Hall–Kier alpha value is -3.34. The van der Waals surface area contributed by atoms with Crippen molar-refractivity contribution in [3.8, 4) is 11.3 Å². The van der Waals surface area contributed by atoms with Gasteiger partial charge in [-0.05, 0) is 59.7 Å². The van der Waals surface area contributed by atoms with Gasteiger partial charge in [0.25, 0.3) is 0 Å². The molecule has 1 N–H and O–H groups in total. The topological polar surface area (TPSA) is 76.2 Å². The third-order valence-electron chi connectivity index (χ3n) is 9.84. The Morgan fingerprint density at radius 2 is 1.51 bits per heavy atom. The molecule has 251 valence electrons. The molecule has 1 aliphatic carbocycles. The van der Waals surface area contributed by atoms with Crippen LogP contribution in [0.25, 0.3) is 44.2 Å². The molecule has 5 aromatic rings. The van der Waals surface area contributed by atoms with E-state index < -0.39 is 0 Å². The summed E-state index contributed by atoms with van der Waals surface area (Å²) in [5, 5.41) is 12.1. The first-order chi connectivity index (χ1) is 21.8. The van der Waals surface area contributed by atoms with E-state index in [1.807, 2.05) is 58.0 Å². The maximum absolute atomic E-state index is 11.7. The van der Waals surface area contributed by atoms with Gasteiger partial charge in [-0.2, -0.15) is 0 Å². The molecule has 0 unspecified atom stereocenters. The van der Waals surface area contributed by atoms with Gasteiger partial charge in [-0.15, -0.1) is 17.7 Å². The van der Waals surface area contributed by atoms with Gasteiger partial charge in [0.1, 0.15) is 5.58 Å². The van der Waals surface area contributed by atoms with Gasteiger partial charge in [0.15, 0.2) is 5.78 Å². The molecule has 0 bridgehead atoms. The number of allylic oxidation sites excluding steroid dienone is 2. The van der Waals surface area contributed by atoms with Gasteiger partial charge >= 0.3 is 0 Å². The first-order valence-electron chi connectivity index (χ1n) is 16.9. The van der Waals surface area contributed by atoms with Crippen LogP contribution in [-0.4, -0.2) is 20.9 Å². The molecule has 0 saturated heterocycles. The molecule has 47 heavy (non-hydrogen) atoms. The van der Waals surface area contributed by atoms with Gasteiger partial charge in [-0.1, -0.05) is 104 Å². The van der Waals surface area contributed by atoms with Crippen molar-refractivity contribution >= 4 is 38.8 Å². The predicted molar refractivity (Wildman–Crippen MR) is 191 cm³/mol. The summed E-state index contributed by atoms with van der Waals surface area (Å²) >= 11 is 0. The molecule has 2 heterocycles. The molecule has 0 amide bonds. The largest absolute Gasteiger partial charge is 0.512 e. The SMILES string of the molecule is CCC(CC)C(=O)/C=C(\O)C(CC)CC.Cc1c[c-]c2c3c1oc1c(C(C)(C)C)ccc(c13)C(C)(C)c1nc3ccccc3nc1-2.[Ir]. The molecular formula is C41H49IrN2O3-. The number of hydrogen-bond donors (Lipinski definition) is 1. The second kappa shape index (κ2) is 14.0. The van der Waals surface area contributed by atoms with E-state index in [-0.39, 0.29) is 54.3 Å². The number of aliphatic hydroxyl groups is 1. The number of ketones is 1. The molecule has 5 nitrogen and oxygen atoms in total. The number of aryl methyl sites for hydroxylation is 1. The number of benzene rings is 3. The fraction of sp³-hybridized carbons (Fsp3) is 0.439. The summed E-state index contributed by atoms with van der Waals surface area (Å²) in [6.07, 6.45) is 4.91. The summed E-state index contributed by atoms with van der Waals surface area (Å²) in [7, 11) is 0. The van der Waals surface area contributed by atoms with Crippen LogP contribution < -0.4 is 0 Å². The quantitative estimate of drug-likeness (QED) is 0.101. The van der Waals surface area contributed by atoms with E-state index in [4.69, 9.17) is 14.4 Å². The Bertz CT molecular complexity index is 1950. The Kier molecular flexibility index (Phi) is 10.9. The Balaban J connectivity index is 0.000000269. The molecule has 6 heteroatoms. The van der Waals surface area contributed by atoms with Crippen LogP contribution in [-0.2, 0) is 35.7 Å². The number of hydrogen-bond acceptors (Lipinski definition) is 5. The fourth-order valence-corrected chi connectivity index (χ4v) is 6.85. The van der Waals surface area contributed by atoms with E-state index in [0.29, 0.717) is 0 Å². The smallest absolute Gasteiger partial charge is 0.162 e. The minimum Gasteiger partial charge on any atom is -0.512 e. The van der Waals surface area contributed by atoms with Gasteiger partial charge in [0.05, 0.1) is 22.4 Å². The average molecular weight is 810 g/mol. The van der Waals surface area contributed by atoms with Gasteiger partial charge < -0.3 is 9.52 Å². The van der Waals surface area contributed by atoms with Crippen molar-refractivity contribution in [3.05, 3.63) is 82.8 Å². The van der Waals surface area contributed by atoms with Crippen LogP contribution in [0.2, 0.25) is 0 Å². The van der Waals surface area contributed by atoms with E-state index in [9.17, 15) is 9.90 Å². The number of furan rings is 1. The third-order valence-corrected chi connectivity index (χ3v) is 9.84. The van der Waals surface area contributed by atoms with Crippen molar-refractivity contribution < 1.29 is 34.4 Å². The number of aromatic nitrogens is 2. The summed E-state index contributed by atoms with van der Waals surface area (Å²) < 4.78 is 6.63. The van der Waals surface area contributed by atoms with E-state index in [0.717, 1.165) is 75.8 Å². The van der Waals surface area contributed by atoms with E-state index in [1.54, 1.807) is 0 Å². The molecule has 0 spiro atoms. The van der Waals surface area contributed by atoms with E-state index in [2.05, 4.69) is 59.7 Å². The standard InChI is InChI=1S/C28H25N2O.C13H24O2.Ir/c1-15-11-12-16-21-22-17(13-14-18(27(2,3)4)25(22)31-24(15)21)28(5,6)26-23(16)29-19-9-7-8-10-20(19)30-26;1-5-10(6-2)12(14)9-13(15)11(7-3)8-4;/h7-11,13-14H,1-6H3;9-11,14H,5-8H2,1-4H3;/q-1;;/b;12-9-;. The van der Waals surface area contributed by atoms with Gasteiger partial charge in [0.2, 0.25) is 0 Å².